The number of rotatable bonds is 6. The van der Waals surface area contributed by atoms with Gasteiger partial charge in [-0.05, 0) is 61.0 Å². The molecule has 0 spiro atoms. The van der Waals surface area contributed by atoms with Crippen LogP contribution in [0.5, 0.6) is 5.75 Å². The molecule has 3 aromatic heterocycles. The Bertz CT molecular complexity index is 1460. The molecule has 0 unspecified atom stereocenters. The molecule has 0 aliphatic carbocycles. The molecule has 0 fully saturated rings. The van der Waals surface area contributed by atoms with Crippen LogP contribution in [0.2, 0.25) is 0 Å². The molecule has 5 rings (SSSR count). The fourth-order valence-electron chi connectivity index (χ4n) is 3.63. The van der Waals surface area contributed by atoms with Gasteiger partial charge in [-0.15, -0.1) is 0 Å². The van der Waals surface area contributed by atoms with Crippen molar-refractivity contribution in [3.8, 4) is 17.0 Å². The van der Waals surface area contributed by atoms with Gasteiger partial charge in [0, 0.05) is 35.3 Å². The van der Waals surface area contributed by atoms with Crippen LogP contribution in [0, 0.1) is 5.82 Å². The van der Waals surface area contributed by atoms with Crippen LogP contribution in [0.4, 0.5) is 4.39 Å². The molecule has 0 bridgehead atoms. The third kappa shape index (κ3) is 4.23. The van der Waals surface area contributed by atoms with E-state index < -0.39 is 0 Å². The number of aromatic nitrogens is 4. The van der Waals surface area contributed by atoms with Crippen molar-refractivity contribution >= 4 is 22.5 Å². The molecule has 0 saturated heterocycles. The maximum absolute atomic E-state index is 13.4. The van der Waals surface area contributed by atoms with Crippen LogP contribution in [0.15, 0.2) is 73.2 Å². The van der Waals surface area contributed by atoms with Crippen molar-refractivity contribution < 1.29 is 13.9 Å². The van der Waals surface area contributed by atoms with Gasteiger partial charge in [0.1, 0.15) is 17.9 Å². The van der Waals surface area contributed by atoms with Crippen LogP contribution in [0.3, 0.4) is 0 Å². The maximum atomic E-state index is 13.4. The highest BCUT2D eigenvalue weighted by Crippen LogP contribution is 2.31. The third-order valence-electron chi connectivity index (χ3n) is 5.26. The molecule has 0 aliphatic heterocycles. The summed E-state index contributed by atoms with van der Waals surface area (Å²) in [5.74, 6) is 0.129. The lowest BCUT2D eigenvalue weighted by Crippen LogP contribution is -2.23. The summed E-state index contributed by atoms with van der Waals surface area (Å²) in [5.41, 5.74) is 4.15. The molecule has 8 heteroatoms. The molecule has 0 radical (unpaired) electrons. The van der Waals surface area contributed by atoms with E-state index in [1.54, 1.807) is 28.8 Å². The predicted molar refractivity (Wildman–Crippen MR) is 122 cm³/mol. The van der Waals surface area contributed by atoms with E-state index in [4.69, 9.17) is 9.72 Å². The number of fused-ring (bicyclic) bond motifs is 2. The molecule has 5 aromatic rings. The Morgan fingerprint density at radius 1 is 1.09 bits per heavy atom. The zero-order valence-corrected chi connectivity index (χ0v) is 17.8. The monoisotopic (exact) mass is 441 g/mol. The lowest BCUT2D eigenvalue weighted by Gasteiger charge is -2.12. The quantitative estimate of drug-likeness (QED) is 0.422. The molecule has 164 valence electrons. The minimum Gasteiger partial charge on any atom is -0.493 e. The number of ether oxygens (including phenoxy) is 1. The first kappa shape index (κ1) is 20.6. The number of pyridine rings is 2. The van der Waals surface area contributed by atoms with Gasteiger partial charge in [0.05, 0.1) is 17.8 Å². The van der Waals surface area contributed by atoms with Crippen LogP contribution in [0.25, 0.3) is 27.8 Å². The normalized spacial score (nSPS) is 11.1. The van der Waals surface area contributed by atoms with Crippen molar-refractivity contribution in [1.29, 1.82) is 0 Å². The number of halogens is 1. The minimum atomic E-state index is -0.313. The zero-order chi connectivity index (χ0) is 22.8. The molecule has 0 aliphatic rings. The SMILES string of the molecule is CCOc1cc(-c2ccc(F)cc2)nc2cc(C(=O)NCc3ccc4ncnn4c3)ccc12. The first-order chi connectivity index (χ1) is 16.1. The Balaban J connectivity index is 1.44. The summed E-state index contributed by atoms with van der Waals surface area (Å²) in [4.78, 5) is 21.7. The lowest BCUT2D eigenvalue weighted by atomic mass is 10.1. The van der Waals surface area contributed by atoms with Gasteiger partial charge < -0.3 is 10.1 Å². The average Bonchev–Trinajstić information content (AvgIpc) is 3.30. The smallest absolute Gasteiger partial charge is 0.251 e. The first-order valence-electron chi connectivity index (χ1n) is 10.5. The number of hydrogen-bond acceptors (Lipinski definition) is 5. The number of nitrogens with zero attached hydrogens (tertiary/aromatic N) is 4. The van der Waals surface area contributed by atoms with Crippen LogP contribution < -0.4 is 10.1 Å². The highest BCUT2D eigenvalue weighted by Gasteiger charge is 2.13. The lowest BCUT2D eigenvalue weighted by molar-refractivity contribution is 0.0951. The maximum Gasteiger partial charge on any atom is 0.251 e. The van der Waals surface area contributed by atoms with Gasteiger partial charge in [-0.25, -0.2) is 18.9 Å². The fourth-order valence-corrected chi connectivity index (χ4v) is 3.63. The number of carbonyl (C=O) groups is 1. The second-order valence-electron chi connectivity index (χ2n) is 7.46. The molecule has 1 N–H and O–H groups in total. The van der Waals surface area contributed by atoms with Gasteiger partial charge in [-0.1, -0.05) is 6.07 Å². The van der Waals surface area contributed by atoms with Crippen LogP contribution in [0.1, 0.15) is 22.8 Å². The largest absolute Gasteiger partial charge is 0.493 e. The Morgan fingerprint density at radius 2 is 1.94 bits per heavy atom. The molecule has 33 heavy (non-hydrogen) atoms. The molecular weight excluding hydrogens is 421 g/mol. The Morgan fingerprint density at radius 3 is 2.76 bits per heavy atom. The molecule has 3 heterocycles. The highest BCUT2D eigenvalue weighted by molar-refractivity contribution is 5.99. The highest BCUT2D eigenvalue weighted by atomic mass is 19.1. The van der Waals surface area contributed by atoms with Crippen molar-refractivity contribution in [2.45, 2.75) is 13.5 Å². The molecule has 7 nitrogen and oxygen atoms in total. The predicted octanol–water partition coefficient (Wildman–Crippen LogP) is 4.41. The second kappa shape index (κ2) is 8.66. The molecule has 0 saturated carbocycles. The number of benzene rings is 2. The van der Waals surface area contributed by atoms with Gasteiger partial charge in [0.2, 0.25) is 0 Å². The van der Waals surface area contributed by atoms with E-state index >= 15 is 0 Å². The van der Waals surface area contributed by atoms with E-state index in [9.17, 15) is 9.18 Å². The summed E-state index contributed by atoms with van der Waals surface area (Å²) in [5, 5.41) is 7.84. The van der Waals surface area contributed by atoms with Crippen molar-refractivity contribution in [1.82, 2.24) is 24.9 Å². The number of amides is 1. The summed E-state index contributed by atoms with van der Waals surface area (Å²) in [7, 11) is 0. The van der Waals surface area contributed by atoms with Gasteiger partial charge in [0.25, 0.3) is 5.91 Å². The van der Waals surface area contributed by atoms with Crippen molar-refractivity contribution in [2.24, 2.45) is 0 Å². The van der Waals surface area contributed by atoms with Crippen molar-refractivity contribution in [2.75, 3.05) is 6.61 Å². The average molecular weight is 441 g/mol. The van der Waals surface area contributed by atoms with Gasteiger partial charge in [-0.3, -0.25) is 4.79 Å². The van der Waals surface area contributed by atoms with Crippen LogP contribution >= 0.6 is 0 Å². The summed E-state index contributed by atoms with van der Waals surface area (Å²) < 4.78 is 20.8. The summed E-state index contributed by atoms with van der Waals surface area (Å²) in [6.45, 7) is 2.74. The van der Waals surface area contributed by atoms with E-state index in [0.29, 0.717) is 35.7 Å². The van der Waals surface area contributed by atoms with Gasteiger partial charge in [0.15, 0.2) is 5.65 Å². The van der Waals surface area contributed by atoms with E-state index in [2.05, 4.69) is 15.4 Å². The van der Waals surface area contributed by atoms with E-state index in [0.717, 1.165) is 22.2 Å². The van der Waals surface area contributed by atoms with Crippen LogP contribution in [-0.4, -0.2) is 32.1 Å². The summed E-state index contributed by atoms with van der Waals surface area (Å²) in [6.07, 6.45) is 3.31. The van der Waals surface area contributed by atoms with E-state index in [1.165, 1.54) is 18.5 Å². The minimum absolute atomic E-state index is 0.220. The third-order valence-corrected chi connectivity index (χ3v) is 5.26. The van der Waals surface area contributed by atoms with Gasteiger partial charge >= 0.3 is 0 Å². The second-order valence-corrected chi connectivity index (χ2v) is 7.46. The van der Waals surface area contributed by atoms with Gasteiger partial charge in [-0.2, -0.15) is 5.10 Å². The van der Waals surface area contributed by atoms with Crippen molar-refractivity contribution in [3.63, 3.8) is 0 Å². The first-order valence-corrected chi connectivity index (χ1v) is 10.5. The van der Waals surface area contributed by atoms with E-state index in [-0.39, 0.29) is 11.7 Å². The number of carbonyl (C=O) groups excluding carboxylic acids is 1. The summed E-state index contributed by atoms with van der Waals surface area (Å²) in [6, 6.07) is 17.0. The number of nitrogens with one attached hydrogen (secondary N) is 1. The Hall–Kier alpha value is -4.33. The zero-order valence-electron chi connectivity index (χ0n) is 17.8. The standard InChI is InChI=1S/C25H20FN5O2/c1-2-33-23-12-21(17-4-7-19(26)8-5-17)30-22-11-18(6-9-20(22)23)25(32)27-13-16-3-10-24-28-15-29-31(24)14-16/h3-12,14-15H,2,13H2,1H3,(H,27,32). The molecule has 0 atom stereocenters. The van der Waals surface area contributed by atoms with Crippen LogP contribution in [-0.2, 0) is 6.54 Å². The fraction of sp³-hybridized carbons (Fsp3) is 0.120. The van der Waals surface area contributed by atoms with E-state index in [1.807, 2.05) is 37.4 Å². The molecule has 1 amide bonds. The molecule has 2 aromatic carbocycles. The Kier molecular flexibility index (Phi) is 5.40. The molecular formula is C25H20FN5O2. The topological polar surface area (TPSA) is 81.4 Å². The number of hydrogen-bond donors (Lipinski definition) is 1. The Labute approximate surface area is 188 Å². The summed E-state index contributed by atoms with van der Waals surface area (Å²) >= 11 is 0. The van der Waals surface area contributed by atoms with Crippen molar-refractivity contribution in [3.05, 3.63) is 90.1 Å².